The Morgan fingerprint density at radius 2 is 1.22 bits per heavy atom. The van der Waals surface area contributed by atoms with Crippen molar-refractivity contribution < 1.29 is 43.5 Å². The quantitative estimate of drug-likeness (QED) is 0.138. The van der Waals surface area contributed by atoms with Crippen LogP contribution in [0.4, 0.5) is 22.0 Å². The van der Waals surface area contributed by atoms with Gasteiger partial charge in [0.2, 0.25) is 0 Å². The third kappa shape index (κ3) is 6.31. The van der Waals surface area contributed by atoms with Crippen LogP contribution in [0.15, 0.2) is 93.5 Å². The summed E-state index contributed by atoms with van der Waals surface area (Å²) in [4.78, 5) is 12.2. The van der Waals surface area contributed by atoms with E-state index in [1.165, 1.54) is 24.3 Å². The molecule has 0 heterocycles. The van der Waals surface area contributed by atoms with E-state index in [4.69, 9.17) is 3.63 Å². The van der Waals surface area contributed by atoms with Crippen LogP contribution in [0.25, 0.3) is 0 Å². The van der Waals surface area contributed by atoms with Crippen LogP contribution in [0.3, 0.4) is 0 Å². The highest BCUT2D eigenvalue weighted by molar-refractivity contribution is 8.33. The van der Waals surface area contributed by atoms with Gasteiger partial charge in [-0.2, -0.15) is 17.2 Å². The van der Waals surface area contributed by atoms with Crippen molar-refractivity contribution in [2.45, 2.75) is 39.2 Å². The first-order chi connectivity index (χ1) is 17.5. The first kappa shape index (κ1) is 28.6. The van der Waals surface area contributed by atoms with Gasteiger partial charge in [-0.1, -0.05) is 18.2 Å². The third-order valence-corrected chi connectivity index (χ3v) is 10.3. The summed E-state index contributed by atoms with van der Waals surface area (Å²) in [7, 11) is -9.67. The SMILES string of the molecule is O=C(OCCCCCF)C(F)(F)S(=O)(=O)OS(c1ccccc1)(c1ccc(F)cc1)c1ccc(F)cc1. The average molecular weight is 563 g/mol. The highest BCUT2D eigenvalue weighted by atomic mass is 32.3. The summed E-state index contributed by atoms with van der Waals surface area (Å²) in [5.41, 5.74) is 0. The van der Waals surface area contributed by atoms with Crippen molar-refractivity contribution in [3.63, 3.8) is 0 Å². The normalized spacial score (nSPS) is 12.8. The van der Waals surface area contributed by atoms with Crippen LogP contribution >= 0.6 is 10.3 Å². The summed E-state index contributed by atoms with van der Waals surface area (Å²) < 4.78 is 106. The Bertz CT molecular complexity index is 1240. The molecule has 0 radical (unpaired) electrons. The number of carbonyl (C=O) groups is 1. The molecule has 0 aliphatic rings. The number of unbranched alkanes of at least 4 members (excludes halogenated alkanes) is 2. The summed E-state index contributed by atoms with van der Waals surface area (Å²) in [5, 5.41) is -5.12. The molecule has 0 aliphatic carbocycles. The summed E-state index contributed by atoms with van der Waals surface area (Å²) in [6.45, 7) is -1.18. The van der Waals surface area contributed by atoms with E-state index in [1.54, 1.807) is 6.07 Å². The van der Waals surface area contributed by atoms with Gasteiger partial charge in [-0.25, -0.2) is 17.2 Å². The molecule has 3 rings (SSSR count). The van der Waals surface area contributed by atoms with Crippen molar-refractivity contribution in [3.8, 4) is 0 Å². The lowest BCUT2D eigenvalue weighted by Crippen LogP contribution is -2.41. The molecule has 0 aromatic heterocycles. The fourth-order valence-corrected chi connectivity index (χ4v) is 8.31. The molecule has 5 nitrogen and oxygen atoms in total. The van der Waals surface area contributed by atoms with Crippen LogP contribution in [0, 0.1) is 11.6 Å². The van der Waals surface area contributed by atoms with Gasteiger partial charge in [-0.3, -0.25) is 4.39 Å². The van der Waals surface area contributed by atoms with Crippen molar-refractivity contribution in [1.82, 2.24) is 0 Å². The third-order valence-electron chi connectivity index (χ3n) is 5.12. The standard InChI is InChI=1S/C25H23F5O5S2/c26-17-5-2-6-18-34-24(31)25(29,30)37(32,33)35-36(21-7-3-1-4-8-21,22-13-9-19(27)10-14-22)23-15-11-20(28)12-16-23/h1,3-4,7-16H,2,5-6,17-18H2. The Morgan fingerprint density at radius 3 is 1.70 bits per heavy atom. The smallest absolute Gasteiger partial charge is 0.460 e. The van der Waals surface area contributed by atoms with Gasteiger partial charge < -0.3 is 4.74 Å². The van der Waals surface area contributed by atoms with E-state index in [1.807, 2.05) is 0 Å². The molecule has 0 atom stereocenters. The Balaban J connectivity index is 2.12. The van der Waals surface area contributed by atoms with Crippen molar-refractivity contribution in [2.75, 3.05) is 13.3 Å². The Kier molecular flexibility index (Phi) is 9.32. The minimum absolute atomic E-state index is 0.00864. The van der Waals surface area contributed by atoms with Gasteiger partial charge in [0, 0.05) is 14.7 Å². The first-order valence-electron chi connectivity index (χ1n) is 11.0. The molecule has 0 fully saturated rings. The highest BCUT2D eigenvalue weighted by Crippen LogP contribution is 2.70. The molecule has 12 heteroatoms. The van der Waals surface area contributed by atoms with Crippen molar-refractivity contribution in [1.29, 1.82) is 0 Å². The van der Waals surface area contributed by atoms with Gasteiger partial charge in [0.25, 0.3) is 0 Å². The number of benzene rings is 3. The van der Waals surface area contributed by atoms with E-state index in [0.29, 0.717) is 0 Å². The van der Waals surface area contributed by atoms with Crippen molar-refractivity contribution in [3.05, 3.63) is 90.5 Å². The number of ether oxygens (including phenoxy) is 1. The molecule has 0 aliphatic heterocycles. The Hall–Kier alpha value is -2.96. The van der Waals surface area contributed by atoms with Crippen molar-refractivity contribution in [2.24, 2.45) is 0 Å². The van der Waals surface area contributed by atoms with E-state index in [2.05, 4.69) is 4.74 Å². The van der Waals surface area contributed by atoms with E-state index >= 15 is 8.78 Å². The van der Waals surface area contributed by atoms with Crippen LogP contribution in [0.1, 0.15) is 19.3 Å². The zero-order valence-corrected chi connectivity index (χ0v) is 20.9. The number of halogens is 5. The maximum absolute atomic E-state index is 15.0. The molecule has 0 unspecified atom stereocenters. The average Bonchev–Trinajstić information content (AvgIpc) is 2.88. The maximum Gasteiger partial charge on any atom is 0.466 e. The highest BCUT2D eigenvalue weighted by Gasteiger charge is 2.58. The fourth-order valence-electron chi connectivity index (χ4n) is 3.29. The van der Waals surface area contributed by atoms with Crippen LogP contribution < -0.4 is 0 Å². The zero-order chi connectivity index (χ0) is 27.1. The second kappa shape index (κ2) is 12.1. The van der Waals surface area contributed by atoms with E-state index in [0.717, 1.165) is 48.5 Å². The topological polar surface area (TPSA) is 69.7 Å². The predicted octanol–water partition coefficient (Wildman–Crippen LogP) is 6.78. The summed E-state index contributed by atoms with van der Waals surface area (Å²) >= 11 is 0. The number of alkyl halides is 3. The van der Waals surface area contributed by atoms with Gasteiger partial charge in [-0.05, 0) is 90.2 Å². The Labute approximate surface area is 212 Å². The lowest BCUT2D eigenvalue weighted by atomic mass is 10.3. The van der Waals surface area contributed by atoms with E-state index in [9.17, 15) is 26.4 Å². The van der Waals surface area contributed by atoms with Crippen LogP contribution in [0.2, 0.25) is 0 Å². The first-order valence-corrected chi connectivity index (χ1v) is 14.0. The van der Waals surface area contributed by atoms with Gasteiger partial charge in [0.15, 0.2) is 0 Å². The molecule has 0 saturated heterocycles. The number of hydrogen-bond acceptors (Lipinski definition) is 5. The number of rotatable bonds is 12. The van der Waals surface area contributed by atoms with E-state index < -0.39 is 56.6 Å². The zero-order valence-electron chi connectivity index (χ0n) is 19.3. The van der Waals surface area contributed by atoms with Gasteiger partial charge in [-0.15, -0.1) is 0 Å². The molecule has 0 spiro atoms. The fraction of sp³-hybridized carbons (Fsp3) is 0.240. The maximum atomic E-state index is 15.0. The monoisotopic (exact) mass is 562 g/mol. The molecule has 0 N–H and O–H groups in total. The molecule has 200 valence electrons. The lowest BCUT2D eigenvalue weighted by molar-refractivity contribution is -0.161. The lowest BCUT2D eigenvalue weighted by Gasteiger charge is -2.39. The molecular formula is C25H23F5O5S2. The van der Waals surface area contributed by atoms with Crippen LogP contribution in [-0.2, 0) is 23.3 Å². The molecular weight excluding hydrogens is 539 g/mol. The van der Waals surface area contributed by atoms with Gasteiger partial charge >= 0.3 is 21.3 Å². The molecule has 0 bridgehead atoms. The van der Waals surface area contributed by atoms with Crippen molar-refractivity contribution >= 4 is 26.4 Å². The summed E-state index contributed by atoms with van der Waals surface area (Å²) in [6.07, 6.45) is 0.430. The summed E-state index contributed by atoms with van der Waals surface area (Å²) in [5.74, 6) is -3.73. The number of esters is 1. The largest absolute Gasteiger partial charge is 0.466 e. The number of hydrogen-bond donors (Lipinski definition) is 0. The minimum Gasteiger partial charge on any atom is -0.460 e. The Morgan fingerprint density at radius 1 is 0.730 bits per heavy atom. The van der Waals surface area contributed by atoms with E-state index in [-0.39, 0.29) is 33.9 Å². The molecule has 3 aromatic carbocycles. The van der Waals surface area contributed by atoms with Crippen LogP contribution in [-0.4, -0.2) is 32.9 Å². The molecule has 37 heavy (non-hydrogen) atoms. The molecule has 3 aromatic rings. The van der Waals surface area contributed by atoms with Gasteiger partial charge in [0.05, 0.1) is 13.3 Å². The second-order valence-corrected chi connectivity index (χ2v) is 12.2. The number of carbonyl (C=O) groups excluding carboxylic acids is 1. The minimum atomic E-state index is -6.05. The molecule has 0 amide bonds. The summed E-state index contributed by atoms with van der Waals surface area (Å²) in [6, 6.07) is 16.0. The second-order valence-electron chi connectivity index (χ2n) is 7.70. The predicted molar refractivity (Wildman–Crippen MR) is 127 cm³/mol. The molecule has 0 saturated carbocycles. The van der Waals surface area contributed by atoms with Gasteiger partial charge in [0.1, 0.15) is 11.6 Å². The van der Waals surface area contributed by atoms with Crippen LogP contribution in [0.5, 0.6) is 0 Å².